The van der Waals surface area contributed by atoms with Crippen LogP contribution in [0.4, 0.5) is 5.69 Å². The number of azide groups is 1. The first kappa shape index (κ1) is 15.7. The first-order chi connectivity index (χ1) is 9.76. The predicted molar refractivity (Wildman–Crippen MR) is 76.1 cm³/mol. The van der Waals surface area contributed by atoms with E-state index in [2.05, 4.69) is 21.9 Å². The Morgan fingerprint density at radius 1 is 1.20 bits per heavy atom. The highest BCUT2D eigenvalue weighted by Crippen LogP contribution is 2.35. The fourth-order valence-electron chi connectivity index (χ4n) is 1.56. The molecular weight excluding hydrogens is 258 g/mol. The molecule has 1 aromatic carbocycles. The quantitative estimate of drug-likeness (QED) is 0.262. The average Bonchev–Trinajstić information content (AvgIpc) is 2.48. The molecule has 0 heterocycles. The zero-order valence-corrected chi connectivity index (χ0v) is 11.8. The second-order valence-corrected chi connectivity index (χ2v) is 3.73. The first-order valence-electron chi connectivity index (χ1n) is 6.10. The van der Waals surface area contributed by atoms with E-state index in [0.717, 1.165) is 12.0 Å². The Bertz CT molecular complexity index is 555. The van der Waals surface area contributed by atoms with E-state index >= 15 is 0 Å². The topological polar surface area (TPSA) is 76.5 Å². The Kier molecular flexibility index (Phi) is 6.83. The fourth-order valence-corrected chi connectivity index (χ4v) is 1.56. The van der Waals surface area contributed by atoms with E-state index in [1.807, 2.05) is 6.92 Å². The molecule has 0 aliphatic rings. The molecule has 0 saturated heterocycles. The largest absolute Gasteiger partial charge is 0.493 e. The minimum Gasteiger partial charge on any atom is -0.493 e. The van der Waals surface area contributed by atoms with E-state index in [1.165, 1.54) is 7.11 Å². The van der Waals surface area contributed by atoms with Crippen molar-refractivity contribution < 1.29 is 14.2 Å². The molecule has 0 N–H and O–H groups in total. The van der Waals surface area contributed by atoms with E-state index in [-0.39, 0.29) is 6.61 Å². The van der Waals surface area contributed by atoms with Gasteiger partial charge in [-0.1, -0.05) is 18.0 Å². The van der Waals surface area contributed by atoms with Crippen molar-refractivity contribution in [1.82, 2.24) is 0 Å². The van der Waals surface area contributed by atoms with Gasteiger partial charge >= 0.3 is 0 Å². The monoisotopic (exact) mass is 275 g/mol. The van der Waals surface area contributed by atoms with E-state index < -0.39 is 0 Å². The van der Waals surface area contributed by atoms with Crippen molar-refractivity contribution in [3.05, 3.63) is 28.1 Å². The molecule has 0 aliphatic carbocycles. The van der Waals surface area contributed by atoms with Gasteiger partial charge in [-0.3, -0.25) is 0 Å². The number of rotatable bonds is 6. The van der Waals surface area contributed by atoms with Gasteiger partial charge in [0, 0.05) is 17.0 Å². The van der Waals surface area contributed by atoms with Crippen molar-refractivity contribution >= 4 is 5.69 Å². The molecule has 6 heteroatoms. The lowest BCUT2D eigenvalue weighted by molar-refractivity contribution is 0.153. The summed E-state index contributed by atoms with van der Waals surface area (Å²) in [6.45, 7) is 2.59. The lowest BCUT2D eigenvalue weighted by Gasteiger charge is -2.12. The number of benzene rings is 1. The molecule has 0 saturated carbocycles. The van der Waals surface area contributed by atoms with Crippen molar-refractivity contribution in [3.63, 3.8) is 0 Å². The Labute approximate surface area is 118 Å². The van der Waals surface area contributed by atoms with Crippen LogP contribution in [0.2, 0.25) is 0 Å². The third-order valence-electron chi connectivity index (χ3n) is 2.47. The van der Waals surface area contributed by atoms with E-state index in [0.29, 0.717) is 23.8 Å². The molecular formula is C14H17N3O3. The summed E-state index contributed by atoms with van der Waals surface area (Å²) in [5, 5.41) is 3.63. The van der Waals surface area contributed by atoms with Crippen LogP contribution in [0.15, 0.2) is 17.2 Å². The summed E-state index contributed by atoms with van der Waals surface area (Å²) in [5.41, 5.74) is 9.77. The second-order valence-electron chi connectivity index (χ2n) is 3.73. The van der Waals surface area contributed by atoms with Crippen LogP contribution in [-0.2, 0) is 11.3 Å². The SMILES string of the molecule is CCC#CCOCc1cc(OC)c(OC)cc1N=[N+]=[N-]. The van der Waals surface area contributed by atoms with Crippen LogP contribution < -0.4 is 9.47 Å². The second kappa shape index (κ2) is 8.70. The highest BCUT2D eigenvalue weighted by molar-refractivity contribution is 5.57. The molecule has 1 aromatic rings. The molecule has 0 spiro atoms. The molecule has 0 fully saturated rings. The summed E-state index contributed by atoms with van der Waals surface area (Å²) in [5.74, 6) is 6.85. The van der Waals surface area contributed by atoms with Crippen LogP contribution in [0.5, 0.6) is 11.5 Å². The third kappa shape index (κ3) is 4.39. The molecule has 6 nitrogen and oxygen atoms in total. The Morgan fingerprint density at radius 3 is 2.50 bits per heavy atom. The Balaban J connectivity index is 2.94. The van der Waals surface area contributed by atoms with Crippen LogP contribution in [0.3, 0.4) is 0 Å². The lowest BCUT2D eigenvalue weighted by Crippen LogP contribution is -1.97. The molecule has 106 valence electrons. The fraction of sp³-hybridized carbons (Fsp3) is 0.429. The minimum atomic E-state index is 0.285. The molecule has 0 radical (unpaired) electrons. The highest BCUT2D eigenvalue weighted by atomic mass is 16.5. The van der Waals surface area contributed by atoms with Gasteiger partial charge in [-0.25, -0.2) is 0 Å². The molecule has 20 heavy (non-hydrogen) atoms. The van der Waals surface area contributed by atoms with Gasteiger partial charge in [0.1, 0.15) is 6.61 Å². The van der Waals surface area contributed by atoms with E-state index in [1.54, 1.807) is 19.2 Å². The van der Waals surface area contributed by atoms with Gasteiger partial charge in [0.25, 0.3) is 0 Å². The molecule has 0 aliphatic heterocycles. The molecule has 0 unspecified atom stereocenters. The molecule has 1 rings (SSSR count). The van der Waals surface area contributed by atoms with Gasteiger partial charge in [-0.15, -0.1) is 5.92 Å². The van der Waals surface area contributed by atoms with Crippen molar-refractivity contribution in [2.75, 3.05) is 20.8 Å². The third-order valence-corrected chi connectivity index (χ3v) is 2.47. The van der Waals surface area contributed by atoms with Gasteiger partial charge < -0.3 is 14.2 Å². The van der Waals surface area contributed by atoms with Crippen LogP contribution >= 0.6 is 0 Å². The average molecular weight is 275 g/mol. The Morgan fingerprint density at radius 2 is 1.90 bits per heavy atom. The van der Waals surface area contributed by atoms with Crippen LogP contribution in [0, 0.1) is 11.8 Å². The van der Waals surface area contributed by atoms with E-state index in [4.69, 9.17) is 19.7 Å². The standard InChI is InChI=1S/C14H17N3O3/c1-4-5-6-7-20-10-11-8-13(18-2)14(19-3)9-12(11)16-17-15/h8-9H,4,7,10H2,1-3H3. The summed E-state index contributed by atoms with van der Waals surface area (Å²) in [7, 11) is 3.07. The smallest absolute Gasteiger partial charge is 0.161 e. The number of nitrogens with zero attached hydrogens (tertiary/aromatic N) is 3. The zero-order valence-electron chi connectivity index (χ0n) is 11.8. The molecule has 0 amide bonds. The number of hydrogen-bond acceptors (Lipinski definition) is 4. The molecule has 0 bridgehead atoms. The van der Waals surface area contributed by atoms with Crippen LogP contribution in [-0.4, -0.2) is 20.8 Å². The van der Waals surface area contributed by atoms with Crippen molar-refractivity contribution in [2.45, 2.75) is 20.0 Å². The highest BCUT2D eigenvalue weighted by Gasteiger charge is 2.10. The maximum Gasteiger partial charge on any atom is 0.161 e. The number of hydrogen-bond donors (Lipinski definition) is 0. The van der Waals surface area contributed by atoms with Gasteiger partial charge in [0.2, 0.25) is 0 Å². The van der Waals surface area contributed by atoms with Crippen LogP contribution in [0.1, 0.15) is 18.9 Å². The summed E-state index contributed by atoms with van der Waals surface area (Å²) in [6, 6.07) is 3.35. The van der Waals surface area contributed by atoms with Crippen molar-refractivity contribution in [1.29, 1.82) is 0 Å². The summed E-state index contributed by atoms with van der Waals surface area (Å²) in [4.78, 5) is 2.80. The number of ether oxygens (including phenoxy) is 3. The van der Waals surface area contributed by atoms with Crippen molar-refractivity contribution in [2.24, 2.45) is 5.11 Å². The molecule has 0 aromatic heterocycles. The number of methoxy groups -OCH3 is 2. The Hall–Kier alpha value is -2.35. The van der Waals surface area contributed by atoms with Crippen molar-refractivity contribution in [3.8, 4) is 23.3 Å². The van der Waals surface area contributed by atoms with Crippen LogP contribution in [0.25, 0.3) is 10.4 Å². The normalized spacial score (nSPS) is 9.15. The zero-order chi connectivity index (χ0) is 14.8. The summed E-state index contributed by atoms with van der Waals surface area (Å²) >= 11 is 0. The van der Waals surface area contributed by atoms with Gasteiger partial charge in [0.05, 0.1) is 20.8 Å². The maximum atomic E-state index is 8.60. The predicted octanol–water partition coefficient (Wildman–Crippen LogP) is 3.58. The van der Waals surface area contributed by atoms with E-state index in [9.17, 15) is 0 Å². The van der Waals surface area contributed by atoms with Gasteiger partial charge in [-0.05, 0) is 23.2 Å². The summed E-state index contributed by atoms with van der Waals surface area (Å²) in [6.07, 6.45) is 0.795. The summed E-state index contributed by atoms with van der Waals surface area (Å²) < 4.78 is 15.8. The van der Waals surface area contributed by atoms with Gasteiger partial charge in [0.15, 0.2) is 11.5 Å². The maximum absolute atomic E-state index is 8.60. The lowest BCUT2D eigenvalue weighted by atomic mass is 10.1. The van der Waals surface area contributed by atoms with Gasteiger partial charge in [-0.2, -0.15) is 0 Å². The first-order valence-corrected chi connectivity index (χ1v) is 6.10. The minimum absolute atomic E-state index is 0.285. The molecule has 0 atom stereocenters.